The van der Waals surface area contributed by atoms with Crippen LogP contribution in [0.2, 0.25) is 0 Å². The maximum Gasteiger partial charge on any atom is 0.0614 e. The van der Waals surface area contributed by atoms with Crippen molar-refractivity contribution >= 4 is 0 Å². The standard InChI is InChI=1S/C6H13NO2.2C2H6/c8-4-5-3-7-2-1-6(5)9;2*1-2/h5-9H,1-4H2;2*1-2H3/t5?,6-;;/m1../s1. The number of nitrogens with one attached hydrogen (secondary N) is 1. The molecule has 0 aromatic carbocycles. The van der Waals surface area contributed by atoms with Gasteiger partial charge in [-0.15, -0.1) is 0 Å². The first-order chi connectivity index (χ1) is 6.34. The Labute approximate surface area is 82.2 Å². The lowest BCUT2D eigenvalue weighted by Gasteiger charge is -2.26. The second-order valence-electron chi connectivity index (χ2n) is 2.50. The normalized spacial score (nSPS) is 26.3. The molecule has 1 aliphatic rings. The third-order valence-electron chi connectivity index (χ3n) is 1.80. The lowest BCUT2D eigenvalue weighted by atomic mass is 9.97. The fraction of sp³-hybridized carbons (Fsp3) is 1.00. The quantitative estimate of drug-likeness (QED) is 0.579. The van der Waals surface area contributed by atoms with Crippen LogP contribution in [0.4, 0.5) is 0 Å². The van der Waals surface area contributed by atoms with E-state index in [-0.39, 0.29) is 18.6 Å². The molecule has 0 saturated carbocycles. The summed E-state index contributed by atoms with van der Waals surface area (Å²) < 4.78 is 0. The SMILES string of the molecule is CC.CC.OCC1CNCC[C@H]1O. The highest BCUT2D eigenvalue weighted by atomic mass is 16.3. The monoisotopic (exact) mass is 191 g/mol. The number of aliphatic hydroxyl groups excluding tert-OH is 2. The summed E-state index contributed by atoms with van der Waals surface area (Å²) >= 11 is 0. The van der Waals surface area contributed by atoms with E-state index in [9.17, 15) is 0 Å². The van der Waals surface area contributed by atoms with Gasteiger partial charge in [-0.1, -0.05) is 27.7 Å². The molecule has 2 atom stereocenters. The van der Waals surface area contributed by atoms with Gasteiger partial charge < -0.3 is 15.5 Å². The summed E-state index contributed by atoms with van der Waals surface area (Å²) in [5, 5.41) is 20.9. The van der Waals surface area contributed by atoms with E-state index in [1.807, 2.05) is 27.7 Å². The van der Waals surface area contributed by atoms with Crippen LogP contribution in [0, 0.1) is 5.92 Å². The molecule has 1 saturated heterocycles. The first-order valence-corrected chi connectivity index (χ1v) is 5.34. The summed E-state index contributed by atoms with van der Waals surface area (Å²) in [4.78, 5) is 0. The lowest BCUT2D eigenvalue weighted by molar-refractivity contribution is 0.0447. The van der Waals surface area contributed by atoms with Crippen molar-refractivity contribution in [2.75, 3.05) is 19.7 Å². The van der Waals surface area contributed by atoms with Gasteiger partial charge in [0.15, 0.2) is 0 Å². The molecule has 1 heterocycles. The van der Waals surface area contributed by atoms with Gasteiger partial charge in [0.05, 0.1) is 6.10 Å². The maximum atomic E-state index is 9.17. The topological polar surface area (TPSA) is 52.5 Å². The van der Waals surface area contributed by atoms with Crippen molar-refractivity contribution in [3.05, 3.63) is 0 Å². The molecule has 0 aliphatic carbocycles. The Morgan fingerprint density at radius 3 is 2.08 bits per heavy atom. The van der Waals surface area contributed by atoms with E-state index in [4.69, 9.17) is 10.2 Å². The summed E-state index contributed by atoms with van der Waals surface area (Å²) in [6, 6.07) is 0. The van der Waals surface area contributed by atoms with Crippen LogP contribution in [-0.2, 0) is 0 Å². The molecule has 0 aromatic heterocycles. The molecular formula is C10H25NO2. The third kappa shape index (κ3) is 6.99. The lowest BCUT2D eigenvalue weighted by Crippen LogP contribution is -2.41. The van der Waals surface area contributed by atoms with Crippen LogP contribution in [0.25, 0.3) is 0 Å². The first-order valence-electron chi connectivity index (χ1n) is 5.34. The van der Waals surface area contributed by atoms with E-state index in [1.165, 1.54) is 0 Å². The minimum Gasteiger partial charge on any atom is -0.396 e. The molecule has 13 heavy (non-hydrogen) atoms. The van der Waals surface area contributed by atoms with Crippen LogP contribution < -0.4 is 5.32 Å². The fourth-order valence-electron chi connectivity index (χ4n) is 1.10. The van der Waals surface area contributed by atoms with Gasteiger partial charge in [0.2, 0.25) is 0 Å². The molecule has 1 aliphatic heterocycles. The molecule has 1 fully saturated rings. The fourth-order valence-corrected chi connectivity index (χ4v) is 1.10. The van der Waals surface area contributed by atoms with Gasteiger partial charge in [0.1, 0.15) is 0 Å². The Kier molecular flexibility index (Phi) is 14.0. The summed E-state index contributed by atoms with van der Waals surface area (Å²) in [6.07, 6.45) is 0.474. The van der Waals surface area contributed by atoms with Crippen molar-refractivity contribution in [2.45, 2.75) is 40.2 Å². The van der Waals surface area contributed by atoms with Gasteiger partial charge in [0.25, 0.3) is 0 Å². The van der Waals surface area contributed by atoms with Gasteiger partial charge in [-0.2, -0.15) is 0 Å². The van der Waals surface area contributed by atoms with Crippen molar-refractivity contribution in [1.82, 2.24) is 5.32 Å². The predicted molar refractivity (Wildman–Crippen MR) is 56.8 cm³/mol. The second-order valence-corrected chi connectivity index (χ2v) is 2.50. The van der Waals surface area contributed by atoms with Crippen LogP contribution in [0.3, 0.4) is 0 Å². The molecule has 0 amide bonds. The number of hydrogen-bond donors (Lipinski definition) is 3. The summed E-state index contributed by atoms with van der Waals surface area (Å²) in [6.45, 7) is 9.71. The minimum absolute atomic E-state index is 0.0544. The zero-order chi connectivity index (χ0) is 10.7. The van der Waals surface area contributed by atoms with Crippen molar-refractivity contribution < 1.29 is 10.2 Å². The molecule has 0 bridgehead atoms. The molecular weight excluding hydrogens is 166 g/mol. The van der Waals surface area contributed by atoms with Gasteiger partial charge in [0, 0.05) is 19.1 Å². The second kappa shape index (κ2) is 11.9. The van der Waals surface area contributed by atoms with E-state index < -0.39 is 0 Å². The van der Waals surface area contributed by atoms with Crippen LogP contribution >= 0.6 is 0 Å². The smallest absolute Gasteiger partial charge is 0.0614 e. The van der Waals surface area contributed by atoms with Crippen LogP contribution in [-0.4, -0.2) is 36.0 Å². The van der Waals surface area contributed by atoms with Crippen molar-refractivity contribution in [3.8, 4) is 0 Å². The molecule has 0 aromatic rings. The Hall–Kier alpha value is -0.120. The van der Waals surface area contributed by atoms with E-state index in [0.29, 0.717) is 0 Å². The molecule has 0 radical (unpaired) electrons. The number of hydrogen-bond acceptors (Lipinski definition) is 3. The van der Waals surface area contributed by atoms with Gasteiger partial charge in [-0.05, 0) is 13.0 Å². The van der Waals surface area contributed by atoms with Crippen LogP contribution in [0.1, 0.15) is 34.1 Å². The Balaban J connectivity index is 0. The Bertz CT molecular complexity index is 89.0. The minimum atomic E-state index is -0.295. The molecule has 3 nitrogen and oxygen atoms in total. The zero-order valence-corrected chi connectivity index (χ0v) is 9.38. The van der Waals surface area contributed by atoms with Gasteiger partial charge in [-0.25, -0.2) is 0 Å². The van der Waals surface area contributed by atoms with Crippen molar-refractivity contribution in [3.63, 3.8) is 0 Å². The largest absolute Gasteiger partial charge is 0.396 e. The number of aliphatic hydroxyl groups is 2. The van der Waals surface area contributed by atoms with Gasteiger partial charge in [-0.3, -0.25) is 0 Å². The number of piperidine rings is 1. The molecule has 82 valence electrons. The predicted octanol–water partition coefficient (Wildman–Crippen LogP) is 1.00. The van der Waals surface area contributed by atoms with E-state index >= 15 is 0 Å². The summed E-state index contributed by atoms with van der Waals surface area (Å²) in [5.41, 5.74) is 0. The molecule has 1 rings (SSSR count). The molecule has 1 unspecified atom stereocenters. The first kappa shape index (κ1) is 15.4. The Morgan fingerprint density at radius 1 is 1.23 bits per heavy atom. The zero-order valence-electron chi connectivity index (χ0n) is 9.38. The molecule has 3 heteroatoms. The van der Waals surface area contributed by atoms with Crippen LogP contribution in [0.5, 0.6) is 0 Å². The molecule has 0 spiro atoms. The van der Waals surface area contributed by atoms with Crippen LogP contribution in [0.15, 0.2) is 0 Å². The van der Waals surface area contributed by atoms with Crippen molar-refractivity contribution in [2.24, 2.45) is 5.92 Å². The number of rotatable bonds is 1. The van der Waals surface area contributed by atoms with E-state index in [2.05, 4.69) is 5.32 Å². The maximum absolute atomic E-state index is 9.17. The van der Waals surface area contributed by atoms with E-state index in [1.54, 1.807) is 0 Å². The highest BCUT2D eigenvalue weighted by Gasteiger charge is 2.21. The Morgan fingerprint density at radius 2 is 1.77 bits per heavy atom. The average molecular weight is 191 g/mol. The highest BCUT2D eigenvalue weighted by molar-refractivity contribution is 4.75. The summed E-state index contributed by atoms with van der Waals surface area (Å²) in [5.74, 6) is 0.0544. The van der Waals surface area contributed by atoms with Gasteiger partial charge >= 0.3 is 0 Å². The highest BCUT2D eigenvalue weighted by Crippen LogP contribution is 2.09. The van der Waals surface area contributed by atoms with E-state index in [0.717, 1.165) is 19.5 Å². The third-order valence-corrected chi connectivity index (χ3v) is 1.80. The summed E-state index contributed by atoms with van der Waals surface area (Å²) in [7, 11) is 0. The average Bonchev–Trinajstić information content (AvgIpc) is 2.24. The molecule has 3 N–H and O–H groups in total. The van der Waals surface area contributed by atoms with Crippen molar-refractivity contribution in [1.29, 1.82) is 0 Å².